The van der Waals surface area contributed by atoms with Crippen LogP contribution in [0.2, 0.25) is 0 Å². The van der Waals surface area contributed by atoms with Gasteiger partial charge >= 0.3 is 0 Å². The van der Waals surface area contributed by atoms with Crippen molar-refractivity contribution in [2.24, 2.45) is 11.7 Å². The van der Waals surface area contributed by atoms with E-state index in [1.54, 1.807) is 7.11 Å². The van der Waals surface area contributed by atoms with Crippen LogP contribution in [-0.2, 0) is 4.74 Å². The average Bonchev–Trinajstić information content (AvgIpc) is 2.57. The van der Waals surface area contributed by atoms with Gasteiger partial charge in [-0.3, -0.25) is 0 Å². The van der Waals surface area contributed by atoms with Crippen molar-refractivity contribution in [2.75, 3.05) is 20.8 Å². The fourth-order valence-electron chi connectivity index (χ4n) is 3.67. The molecule has 0 aromatic rings. The first-order valence-corrected chi connectivity index (χ1v) is 7.18. The van der Waals surface area contributed by atoms with Crippen LogP contribution in [0.4, 0.5) is 0 Å². The number of nitrogens with two attached hydrogens (primary N) is 1. The molecular formula is C14H28N2O. The van der Waals surface area contributed by atoms with Crippen LogP contribution in [-0.4, -0.2) is 43.8 Å². The predicted octanol–water partition coefficient (Wildman–Crippen LogP) is 2.00. The first-order chi connectivity index (χ1) is 8.22. The smallest absolute Gasteiger partial charge is 0.0462 e. The van der Waals surface area contributed by atoms with Crippen LogP contribution in [0.25, 0.3) is 0 Å². The van der Waals surface area contributed by atoms with Crippen molar-refractivity contribution in [3.63, 3.8) is 0 Å². The largest absolute Gasteiger partial charge is 0.385 e. The molecule has 2 N–H and O–H groups in total. The molecule has 2 heterocycles. The van der Waals surface area contributed by atoms with Crippen molar-refractivity contribution in [1.82, 2.24) is 4.90 Å². The zero-order chi connectivity index (χ0) is 12.3. The van der Waals surface area contributed by atoms with Crippen LogP contribution in [0.3, 0.4) is 0 Å². The van der Waals surface area contributed by atoms with Gasteiger partial charge in [0, 0.05) is 31.8 Å². The number of hydrogen-bond donors (Lipinski definition) is 1. The van der Waals surface area contributed by atoms with E-state index in [1.807, 2.05) is 0 Å². The highest BCUT2D eigenvalue weighted by atomic mass is 16.5. The molecule has 3 unspecified atom stereocenters. The Morgan fingerprint density at radius 2 is 1.88 bits per heavy atom. The summed E-state index contributed by atoms with van der Waals surface area (Å²) < 4.78 is 5.08. The second-order valence-electron chi connectivity index (χ2n) is 5.93. The average molecular weight is 240 g/mol. The topological polar surface area (TPSA) is 38.5 Å². The molecule has 2 bridgehead atoms. The first-order valence-electron chi connectivity index (χ1n) is 7.18. The van der Waals surface area contributed by atoms with E-state index in [4.69, 9.17) is 10.5 Å². The van der Waals surface area contributed by atoms with Crippen LogP contribution in [0.15, 0.2) is 0 Å². The minimum Gasteiger partial charge on any atom is -0.385 e. The molecule has 3 heteroatoms. The normalized spacial score (nSPS) is 35.1. The minimum atomic E-state index is 0.420. The van der Waals surface area contributed by atoms with Crippen molar-refractivity contribution in [3.8, 4) is 0 Å². The number of piperidine rings is 1. The van der Waals surface area contributed by atoms with Gasteiger partial charge in [-0.2, -0.15) is 0 Å². The van der Waals surface area contributed by atoms with E-state index in [0.29, 0.717) is 6.04 Å². The van der Waals surface area contributed by atoms with Gasteiger partial charge in [-0.25, -0.2) is 0 Å². The highest BCUT2D eigenvalue weighted by Crippen LogP contribution is 2.38. The molecule has 2 saturated heterocycles. The van der Waals surface area contributed by atoms with Crippen LogP contribution in [0, 0.1) is 5.92 Å². The molecule has 2 aliphatic rings. The summed E-state index contributed by atoms with van der Waals surface area (Å²) in [5, 5.41) is 0. The number of nitrogens with zero attached hydrogens (tertiary/aromatic N) is 1. The molecule has 3 nitrogen and oxygen atoms in total. The molecule has 2 fully saturated rings. The Kier molecular flexibility index (Phi) is 4.83. The standard InChI is InChI=1S/C14H28N2O/c1-16-12-6-7-13(16)10-11(9-12)14(15)5-3-4-8-17-2/h11-14H,3-10,15H2,1-2H3. The van der Waals surface area contributed by atoms with E-state index >= 15 is 0 Å². The molecule has 0 aromatic heterocycles. The van der Waals surface area contributed by atoms with E-state index in [1.165, 1.54) is 38.5 Å². The lowest BCUT2D eigenvalue weighted by Crippen LogP contribution is -2.45. The third-order valence-electron chi connectivity index (χ3n) is 4.88. The van der Waals surface area contributed by atoms with Gasteiger partial charge in [0.1, 0.15) is 0 Å². The maximum Gasteiger partial charge on any atom is 0.0462 e. The van der Waals surface area contributed by atoms with E-state index in [0.717, 1.165) is 31.0 Å². The second-order valence-corrected chi connectivity index (χ2v) is 5.93. The second kappa shape index (κ2) is 6.17. The summed E-state index contributed by atoms with van der Waals surface area (Å²) >= 11 is 0. The number of methoxy groups -OCH3 is 1. The van der Waals surface area contributed by atoms with Gasteiger partial charge in [-0.15, -0.1) is 0 Å². The van der Waals surface area contributed by atoms with Gasteiger partial charge in [0.05, 0.1) is 0 Å². The van der Waals surface area contributed by atoms with Crippen LogP contribution < -0.4 is 5.73 Å². The van der Waals surface area contributed by atoms with Crippen LogP contribution in [0.5, 0.6) is 0 Å². The fourth-order valence-corrected chi connectivity index (χ4v) is 3.67. The molecule has 3 atom stereocenters. The highest BCUT2D eigenvalue weighted by molar-refractivity contribution is 4.95. The van der Waals surface area contributed by atoms with Crippen molar-refractivity contribution >= 4 is 0 Å². The van der Waals surface area contributed by atoms with E-state index in [9.17, 15) is 0 Å². The van der Waals surface area contributed by atoms with E-state index in [-0.39, 0.29) is 0 Å². The Labute approximate surface area is 106 Å². The summed E-state index contributed by atoms with van der Waals surface area (Å²) in [4.78, 5) is 2.59. The number of unbranched alkanes of at least 4 members (excludes halogenated alkanes) is 1. The van der Waals surface area contributed by atoms with Crippen LogP contribution >= 0.6 is 0 Å². The third kappa shape index (κ3) is 3.21. The maximum atomic E-state index is 6.37. The molecule has 0 aromatic carbocycles. The van der Waals surface area contributed by atoms with E-state index in [2.05, 4.69) is 11.9 Å². The lowest BCUT2D eigenvalue weighted by Gasteiger charge is -2.38. The van der Waals surface area contributed by atoms with Crippen LogP contribution in [0.1, 0.15) is 44.9 Å². The summed E-state index contributed by atoms with van der Waals surface area (Å²) in [5.41, 5.74) is 6.37. The van der Waals surface area contributed by atoms with Gasteiger partial charge in [-0.05, 0) is 57.9 Å². The summed E-state index contributed by atoms with van der Waals surface area (Å²) in [6, 6.07) is 2.07. The Morgan fingerprint density at radius 1 is 1.24 bits per heavy atom. The molecule has 2 rings (SSSR count). The molecule has 2 aliphatic heterocycles. The highest BCUT2D eigenvalue weighted by Gasteiger charge is 2.39. The van der Waals surface area contributed by atoms with Crippen molar-refractivity contribution in [3.05, 3.63) is 0 Å². The zero-order valence-corrected chi connectivity index (χ0v) is 11.4. The molecule has 0 amide bonds. The molecule has 0 saturated carbocycles. The van der Waals surface area contributed by atoms with E-state index < -0.39 is 0 Å². The lowest BCUT2D eigenvalue weighted by atomic mass is 9.83. The Morgan fingerprint density at radius 3 is 2.47 bits per heavy atom. The monoisotopic (exact) mass is 240 g/mol. The molecular weight excluding hydrogens is 212 g/mol. The number of ether oxygens (including phenoxy) is 1. The molecule has 0 aliphatic carbocycles. The number of rotatable bonds is 6. The third-order valence-corrected chi connectivity index (χ3v) is 4.88. The maximum absolute atomic E-state index is 6.37. The van der Waals surface area contributed by atoms with Gasteiger partial charge in [0.15, 0.2) is 0 Å². The van der Waals surface area contributed by atoms with Gasteiger partial charge in [-0.1, -0.05) is 0 Å². The number of fused-ring (bicyclic) bond motifs is 2. The summed E-state index contributed by atoms with van der Waals surface area (Å²) in [7, 11) is 4.07. The Balaban J connectivity index is 1.72. The van der Waals surface area contributed by atoms with Gasteiger partial charge < -0.3 is 15.4 Å². The summed E-state index contributed by atoms with van der Waals surface area (Å²) in [6.45, 7) is 0.880. The Bertz CT molecular complexity index is 220. The molecule has 0 radical (unpaired) electrons. The zero-order valence-electron chi connectivity index (χ0n) is 11.4. The summed E-state index contributed by atoms with van der Waals surface area (Å²) in [5.74, 6) is 0.770. The molecule has 100 valence electrons. The quantitative estimate of drug-likeness (QED) is 0.722. The van der Waals surface area contributed by atoms with Crippen molar-refractivity contribution in [1.29, 1.82) is 0 Å². The predicted molar refractivity (Wildman–Crippen MR) is 71.0 cm³/mol. The Hall–Kier alpha value is -0.120. The van der Waals surface area contributed by atoms with Crippen molar-refractivity contribution in [2.45, 2.75) is 63.1 Å². The summed E-state index contributed by atoms with van der Waals surface area (Å²) in [6.07, 6.45) is 9.01. The molecule has 17 heavy (non-hydrogen) atoms. The fraction of sp³-hybridized carbons (Fsp3) is 1.00. The lowest BCUT2D eigenvalue weighted by molar-refractivity contribution is 0.117. The number of hydrogen-bond acceptors (Lipinski definition) is 3. The minimum absolute atomic E-state index is 0.420. The SMILES string of the molecule is COCCCCC(N)C1CC2CCC(C1)N2C. The first kappa shape index (κ1) is 13.3. The molecule has 0 spiro atoms. The van der Waals surface area contributed by atoms with Crippen molar-refractivity contribution < 1.29 is 4.74 Å². The van der Waals surface area contributed by atoms with Gasteiger partial charge in [0.2, 0.25) is 0 Å². The van der Waals surface area contributed by atoms with Gasteiger partial charge in [0.25, 0.3) is 0 Å².